The minimum Gasteiger partial charge on any atom is -0.390 e. The van der Waals surface area contributed by atoms with E-state index < -0.39 is 12.2 Å². The van der Waals surface area contributed by atoms with Crippen molar-refractivity contribution in [3.63, 3.8) is 0 Å². The van der Waals surface area contributed by atoms with Crippen LogP contribution in [0.1, 0.15) is 6.42 Å². The van der Waals surface area contributed by atoms with Gasteiger partial charge in [-0.15, -0.1) is 0 Å². The van der Waals surface area contributed by atoms with Crippen LogP contribution in [0.5, 0.6) is 0 Å². The molecule has 0 radical (unpaired) electrons. The molecule has 0 aromatic heterocycles. The fraction of sp³-hybridized carbons (Fsp3) is 1.00. The minimum atomic E-state index is -0.784. The van der Waals surface area contributed by atoms with Crippen LogP contribution in [0.3, 0.4) is 0 Å². The molecule has 0 unspecified atom stereocenters. The van der Waals surface area contributed by atoms with Crippen LogP contribution in [0, 0.1) is 0 Å². The van der Waals surface area contributed by atoms with Crippen molar-refractivity contribution in [2.75, 3.05) is 11.5 Å². The molecule has 72 valence electrons. The molecule has 0 aromatic rings. The molecule has 1 aliphatic heterocycles. The van der Waals surface area contributed by atoms with Crippen molar-refractivity contribution < 1.29 is 19.7 Å². The zero-order valence-electron chi connectivity index (χ0n) is 6.81. The molecule has 0 aliphatic carbocycles. The maximum atomic E-state index is 9.42. The van der Waals surface area contributed by atoms with Crippen LogP contribution in [0.15, 0.2) is 0 Å². The molecule has 1 aliphatic rings. The van der Waals surface area contributed by atoms with Crippen LogP contribution in [0.25, 0.3) is 0 Å². The fourth-order valence-corrected chi connectivity index (χ4v) is 1.92. The molecule has 0 saturated carbocycles. The van der Waals surface area contributed by atoms with E-state index in [1.54, 1.807) is 0 Å². The largest absolute Gasteiger partial charge is 0.390 e. The molecule has 0 aromatic carbocycles. The Kier molecular flexibility index (Phi) is 4.18. The quantitative estimate of drug-likeness (QED) is 0.550. The second kappa shape index (κ2) is 4.71. The normalized spacial score (nSPS) is 43.0. The summed E-state index contributed by atoms with van der Waals surface area (Å²) in [7, 11) is 1.53. The number of aliphatic hydroxyl groups is 2. The third-order valence-corrected chi connectivity index (χ3v) is 2.82. The molecule has 1 heterocycles. The maximum absolute atomic E-state index is 9.42. The predicted molar refractivity (Wildman–Crippen MR) is 51.2 cm³/mol. The Bertz CT molecular complexity index is 143. The van der Waals surface area contributed by atoms with Crippen molar-refractivity contribution in [2.24, 2.45) is 0 Å². The van der Waals surface area contributed by atoms with Crippen LogP contribution in [0.2, 0.25) is 0 Å². The second-order valence-corrected chi connectivity index (χ2v) is 3.67. The van der Waals surface area contributed by atoms with Gasteiger partial charge >= 0.3 is 0 Å². The summed E-state index contributed by atoms with van der Waals surface area (Å²) in [4.78, 5) is 0. The highest BCUT2D eigenvalue weighted by Crippen LogP contribution is 2.21. The molecule has 1 fully saturated rings. The van der Waals surface area contributed by atoms with Gasteiger partial charge < -0.3 is 19.7 Å². The van der Waals surface area contributed by atoms with Crippen LogP contribution < -0.4 is 0 Å². The summed E-state index contributed by atoms with van der Waals surface area (Å²) in [6, 6.07) is 0. The van der Waals surface area contributed by atoms with Crippen molar-refractivity contribution in [3.8, 4) is 0 Å². The number of halogens is 1. The summed E-state index contributed by atoms with van der Waals surface area (Å²) in [6.45, 7) is 0. The average molecular weight is 288 g/mol. The highest BCUT2D eigenvalue weighted by Gasteiger charge is 2.35. The number of ether oxygens (including phenoxy) is 2. The lowest BCUT2D eigenvalue weighted by molar-refractivity contribution is -0.235. The molecule has 1 saturated heterocycles. The Labute approximate surface area is 85.0 Å². The average Bonchev–Trinajstić information content (AvgIpc) is 2.09. The van der Waals surface area contributed by atoms with E-state index in [2.05, 4.69) is 22.6 Å². The van der Waals surface area contributed by atoms with Gasteiger partial charge in [0, 0.05) is 18.0 Å². The molecule has 0 amide bonds. The zero-order chi connectivity index (χ0) is 9.14. The first-order valence-corrected chi connectivity index (χ1v) is 5.32. The van der Waals surface area contributed by atoms with Crippen LogP contribution in [-0.4, -0.2) is 46.4 Å². The number of hydrogen-bond acceptors (Lipinski definition) is 4. The number of methoxy groups -OCH3 is 1. The third kappa shape index (κ3) is 2.29. The van der Waals surface area contributed by atoms with E-state index in [1.807, 2.05) is 0 Å². The molecule has 4 atom stereocenters. The summed E-state index contributed by atoms with van der Waals surface area (Å²) < 4.78 is 10.9. The minimum absolute atomic E-state index is 0.320. The number of alkyl halides is 1. The summed E-state index contributed by atoms with van der Waals surface area (Å²) in [5, 5.41) is 18.8. The van der Waals surface area contributed by atoms with E-state index in [9.17, 15) is 10.2 Å². The maximum Gasteiger partial charge on any atom is 0.160 e. The Morgan fingerprint density at radius 1 is 1.58 bits per heavy atom. The standard InChI is InChI=1S/C7H13IO4/c1-11-6-2-4(9)7(10)5(3-8)12-6/h4-7,9-10H,2-3H2,1H3/t4-,5-,6+,7-/m1/s1. The Morgan fingerprint density at radius 2 is 2.25 bits per heavy atom. The van der Waals surface area contributed by atoms with Gasteiger partial charge in [0.25, 0.3) is 0 Å². The third-order valence-electron chi connectivity index (χ3n) is 1.95. The van der Waals surface area contributed by atoms with Crippen LogP contribution in [0.4, 0.5) is 0 Å². The van der Waals surface area contributed by atoms with Gasteiger partial charge in [0.05, 0.1) is 12.2 Å². The predicted octanol–water partition coefficient (Wildman–Crippen LogP) is -0.0954. The van der Waals surface area contributed by atoms with Crippen LogP contribution in [-0.2, 0) is 9.47 Å². The molecular weight excluding hydrogens is 275 g/mol. The molecule has 0 spiro atoms. The Hall–Kier alpha value is 0.570. The van der Waals surface area contributed by atoms with Gasteiger partial charge in [-0.3, -0.25) is 0 Å². The van der Waals surface area contributed by atoms with Gasteiger partial charge in [-0.05, 0) is 0 Å². The van der Waals surface area contributed by atoms with Gasteiger partial charge in [-0.2, -0.15) is 0 Å². The number of rotatable bonds is 2. The van der Waals surface area contributed by atoms with Crippen molar-refractivity contribution in [1.29, 1.82) is 0 Å². The molecule has 2 N–H and O–H groups in total. The topological polar surface area (TPSA) is 58.9 Å². The zero-order valence-corrected chi connectivity index (χ0v) is 8.97. The number of hydrogen-bond donors (Lipinski definition) is 2. The van der Waals surface area contributed by atoms with E-state index in [0.717, 1.165) is 0 Å². The lowest BCUT2D eigenvalue weighted by Gasteiger charge is -2.35. The summed E-state index contributed by atoms with van der Waals surface area (Å²) >= 11 is 2.11. The molecule has 12 heavy (non-hydrogen) atoms. The van der Waals surface area contributed by atoms with Gasteiger partial charge in [0.2, 0.25) is 0 Å². The Morgan fingerprint density at radius 3 is 2.75 bits per heavy atom. The first kappa shape index (κ1) is 10.6. The van der Waals surface area contributed by atoms with E-state index >= 15 is 0 Å². The highest BCUT2D eigenvalue weighted by atomic mass is 127. The SMILES string of the molecule is CO[C@@H]1C[C@@H](O)[C@@H](O)[C@@H](CI)O1. The highest BCUT2D eigenvalue weighted by molar-refractivity contribution is 14.1. The lowest BCUT2D eigenvalue weighted by atomic mass is 10.0. The molecule has 5 heteroatoms. The summed E-state index contributed by atoms with van der Waals surface area (Å²) in [5.41, 5.74) is 0. The van der Waals surface area contributed by atoms with Gasteiger partial charge in [0.15, 0.2) is 6.29 Å². The van der Waals surface area contributed by atoms with E-state index in [1.165, 1.54) is 7.11 Å². The van der Waals surface area contributed by atoms with E-state index in [4.69, 9.17) is 9.47 Å². The first-order valence-electron chi connectivity index (χ1n) is 3.79. The van der Waals surface area contributed by atoms with Gasteiger partial charge in [-0.25, -0.2) is 0 Å². The van der Waals surface area contributed by atoms with Gasteiger partial charge in [0.1, 0.15) is 6.10 Å². The molecule has 1 rings (SSSR count). The first-order chi connectivity index (χ1) is 5.69. The van der Waals surface area contributed by atoms with E-state index in [0.29, 0.717) is 10.8 Å². The van der Waals surface area contributed by atoms with Crippen molar-refractivity contribution in [3.05, 3.63) is 0 Å². The molecule has 0 bridgehead atoms. The monoisotopic (exact) mass is 288 g/mol. The molecule has 4 nitrogen and oxygen atoms in total. The van der Waals surface area contributed by atoms with E-state index in [-0.39, 0.29) is 12.4 Å². The lowest BCUT2D eigenvalue weighted by Crippen LogP contribution is -2.49. The summed E-state index contributed by atoms with van der Waals surface area (Å²) in [6.07, 6.45) is -1.88. The second-order valence-electron chi connectivity index (χ2n) is 2.79. The number of aliphatic hydroxyl groups excluding tert-OH is 2. The van der Waals surface area contributed by atoms with Crippen LogP contribution >= 0.6 is 22.6 Å². The Balaban J connectivity index is 2.52. The smallest absolute Gasteiger partial charge is 0.160 e. The fourth-order valence-electron chi connectivity index (χ4n) is 1.19. The van der Waals surface area contributed by atoms with Crippen molar-refractivity contribution >= 4 is 22.6 Å². The molecular formula is C7H13IO4. The van der Waals surface area contributed by atoms with Gasteiger partial charge in [-0.1, -0.05) is 22.6 Å². The van der Waals surface area contributed by atoms with Crippen molar-refractivity contribution in [2.45, 2.75) is 31.0 Å². The van der Waals surface area contributed by atoms with Crippen molar-refractivity contribution in [1.82, 2.24) is 0 Å². The summed E-state index contributed by atoms with van der Waals surface area (Å²) in [5.74, 6) is 0.